The molecule has 0 aliphatic carbocycles. The summed E-state index contributed by atoms with van der Waals surface area (Å²) in [5, 5.41) is 4.07. The van der Waals surface area contributed by atoms with Crippen LogP contribution < -0.4 is 5.43 Å². The number of carbonyl (C=O) groups excluding carboxylic acids is 1. The molecule has 0 radical (unpaired) electrons. The molecule has 0 bridgehead atoms. The number of hydrogen-bond acceptors (Lipinski definition) is 4. The largest absolute Gasteiger partial charge is 0.272 e. The van der Waals surface area contributed by atoms with E-state index in [4.69, 9.17) is 0 Å². The van der Waals surface area contributed by atoms with Crippen LogP contribution in [0.4, 0.5) is 0 Å². The first kappa shape index (κ1) is 13.9. The number of pyridine rings is 2. The molecule has 5 nitrogen and oxygen atoms in total. The highest BCUT2D eigenvalue weighted by Crippen LogP contribution is 2.02. The molecule has 0 unspecified atom stereocenters. The average molecular weight is 268 g/mol. The Hall–Kier alpha value is -2.56. The van der Waals surface area contributed by atoms with Gasteiger partial charge in [-0.2, -0.15) is 5.10 Å². The number of nitrogens with zero attached hydrogens (tertiary/aromatic N) is 3. The standard InChI is InChI=1S/C15H16N4O/c1-10-4-6-13(8-16-10)12(3)18-19-15(20)14-7-5-11(2)17-9-14/h4-9H,1-3H3,(H,19,20)/b18-12-. The Balaban J connectivity index is 2.06. The molecule has 0 aromatic carbocycles. The lowest BCUT2D eigenvalue weighted by Crippen LogP contribution is -2.19. The van der Waals surface area contributed by atoms with Crippen molar-refractivity contribution in [2.45, 2.75) is 20.8 Å². The van der Waals surface area contributed by atoms with Crippen molar-refractivity contribution in [2.24, 2.45) is 5.10 Å². The van der Waals surface area contributed by atoms with Crippen LogP contribution in [0.25, 0.3) is 0 Å². The first-order chi connectivity index (χ1) is 9.56. The predicted octanol–water partition coefficient (Wildman–Crippen LogP) is 2.25. The number of carbonyl (C=O) groups is 1. The molecule has 0 atom stereocenters. The van der Waals surface area contributed by atoms with Crippen molar-refractivity contribution in [1.29, 1.82) is 0 Å². The van der Waals surface area contributed by atoms with Crippen molar-refractivity contribution in [2.75, 3.05) is 0 Å². The fraction of sp³-hybridized carbons (Fsp3) is 0.200. The molecule has 0 aliphatic heterocycles. The van der Waals surface area contributed by atoms with Crippen molar-refractivity contribution in [3.63, 3.8) is 0 Å². The Bertz CT molecular complexity index is 630. The molecule has 2 rings (SSSR count). The van der Waals surface area contributed by atoms with Crippen LogP contribution >= 0.6 is 0 Å². The molecule has 1 amide bonds. The highest BCUT2D eigenvalue weighted by molar-refractivity contribution is 6.00. The highest BCUT2D eigenvalue weighted by Gasteiger charge is 2.05. The summed E-state index contributed by atoms with van der Waals surface area (Å²) in [6, 6.07) is 7.33. The number of hydrogen-bond donors (Lipinski definition) is 1. The first-order valence-electron chi connectivity index (χ1n) is 6.26. The van der Waals surface area contributed by atoms with Gasteiger partial charge in [0.1, 0.15) is 0 Å². The molecule has 0 fully saturated rings. The number of amides is 1. The molecule has 5 heteroatoms. The highest BCUT2D eigenvalue weighted by atomic mass is 16.2. The van der Waals surface area contributed by atoms with E-state index in [9.17, 15) is 4.79 Å². The van der Waals surface area contributed by atoms with Crippen molar-refractivity contribution >= 4 is 11.6 Å². The fourth-order valence-electron chi connectivity index (χ4n) is 1.55. The van der Waals surface area contributed by atoms with Crippen molar-refractivity contribution < 1.29 is 4.79 Å². The third-order valence-electron chi connectivity index (χ3n) is 2.83. The summed E-state index contributed by atoms with van der Waals surface area (Å²) < 4.78 is 0. The van der Waals surface area contributed by atoms with E-state index in [1.807, 2.05) is 32.9 Å². The van der Waals surface area contributed by atoms with Gasteiger partial charge in [-0.15, -0.1) is 0 Å². The predicted molar refractivity (Wildman–Crippen MR) is 77.6 cm³/mol. The Labute approximate surface area is 117 Å². The molecular weight excluding hydrogens is 252 g/mol. The monoisotopic (exact) mass is 268 g/mol. The van der Waals surface area contributed by atoms with Gasteiger partial charge in [0.15, 0.2) is 0 Å². The fourth-order valence-corrected chi connectivity index (χ4v) is 1.55. The number of nitrogens with one attached hydrogen (secondary N) is 1. The van der Waals surface area contributed by atoms with Gasteiger partial charge in [0.2, 0.25) is 0 Å². The zero-order valence-electron chi connectivity index (χ0n) is 11.7. The quantitative estimate of drug-likeness (QED) is 0.685. The number of aromatic nitrogens is 2. The molecule has 0 saturated carbocycles. The number of aryl methyl sites for hydroxylation is 2. The van der Waals surface area contributed by atoms with Crippen LogP contribution in [-0.4, -0.2) is 21.6 Å². The van der Waals surface area contributed by atoms with Gasteiger partial charge >= 0.3 is 0 Å². The minimum atomic E-state index is -0.281. The SMILES string of the molecule is C/C(=N/NC(=O)c1ccc(C)nc1)c1ccc(C)nc1. The Morgan fingerprint density at radius 1 is 1.00 bits per heavy atom. The zero-order valence-corrected chi connectivity index (χ0v) is 11.7. The van der Waals surface area contributed by atoms with E-state index in [0.717, 1.165) is 17.0 Å². The van der Waals surface area contributed by atoms with E-state index in [1.54, 1.807) is 18.3 Å². The van der Waals surface area contributed by atoms with Crippen molar-refractivity contribution in [3.05, 3.63) is 59.2 Å². The smallest absolute Gasteiger partial charge is 0.267 e. The summed E-state index contributed by atoms with van der Waals surface area (Å²) >= 11 is 0. The maximum atomic E-state index is 11.9. The minimum absolute atomic E-state index is 0.281. The maximum absolute atomic E-state index is 11.9. The van der Waals surface area contributed by atoms with E-state index in [1.165, 1.54) is 6.20 Å². The lowest BCUT2D eigenvalue weighted by Gasteiger charge is -2.03. The molecule has 102 valence electrons. The molecule has 2 aromatic rings. The maximum Gasteiger partial charge on any atom is 0.272 e. The van der Waals surface area contributed by atoms with E-state index in [0.29, 0.717) is 11.3 Å². The summed E-state index contributed by atoms with van der Waals surface area (Å²) in [5.74, 6) is -0.281. The average Bonchev–Trinajstić information content (AvgIpc) is 2.46. The van der Waals surface area contributed by atoms with E-state index < -0.39 is 0 Å². The first-order valence-corrected chi connectivity index (χ1v) is 6.26. The molecule has 2 heterocycles. The van der Waals surface area contributed by atoms with Crippen LogP contribution in [0.1, 0.15) is 34.2 Å². The van der Waals surface area contributed by atoms with E-state index >= 15 is 0 Å². The van der Waals surface area contributed by atoms with Gasteiger partial charge in [-0.25, -0.2) is 5.43 Å². The normalized spacial score (nSPS) is 11.2. The third-order valence-corrected chi connectivity index (χ3v) is 2.83. The topological polar surface area (TPSA) is 67.2 Å². The third kappa shape index (κ3) is 3.47. The lowest BCUT2D eigenvalue weighted by molar-refractivity contribution is 0.0954. The van der Waals surface area contributed by atoms with E-state index in [2.05, 4.69) is 20.5 Å². The Morgan fingerprint density at radius 3 is 2.05 bits per heavy atom. The molecular formula is C15H16N4O. The summed E-state index contributed by atoms with van der Waals surface area (Å²) in [7, 11) is 0. The van der Waals surface area contributed by atoms with Gasteiger partial charge in [-0.1, -0.05) is 0 Å². The summed E-state index contributed by atoms with van der Waals surface area (Å²) in [4.78, 5) is 20.1. The van der Waals surface area contributed by atoms with Crippen molar-refractivity contribution in [3.8, 4) is 0 Å². The van der Waals surface area contributed by atoms with Crippen LogP contribution in [0, 0.1) is 13.8 Å². The summed E-state index contributed by atoms with van der Waals surface area (Å²) in [5.41, 5.74) is 6.37. The zero-order chi connectivity index (χ0) is 14.5. The molecule has 20 heavy (non-hydrogen) atoms. The van der Waals surface area contributed by atoms with Gasteiger partial charge < -0.3 is 0 Å². The molecule has 1 N–H and O–H groups in total. The van der Waals surface area contributed by atoms with Gasteiger partial charge in [0.25, 0.3) is 5.91 Å². The van der Waals surface area contributed by atoms with Crippen molar-refractivity contribution in [1.82, 2.24) is 15.4 Å². The van der Waals surface area contributed by atoms with Gasteiger partial charge in [-0.3, -0.25) is 14.8 Å². The van der Waals surface area contributed by atoms with Gasteiger partial charge in [0, 0.05) is 29.3 Å². The van der Waals surface area contributed by atoms with Crippen LogP contribution in [0.15, 0.2) is 41.8 Å². The lowest BCUT2D eigenvalue weighted by atomic mass is 10.2. The molecule has 2 aromatic heterocycles. The number of hydrazone groups is 1. The van der Waals surface area contributed by atoms with Crippen LogP contribution in [0.2, 0.25) is 0 Å². The summed E-state index contributed by atoms with van der Waals surface area (Å²) in [6.07, 6.45) is 3.26. The van der Waals surface area contributed by atoms with Gasteiger partial charge in [-0.05, 0) is 45.0 Å². The Morgan fingerprint density at radius 2 is 1.55 bits per heavy atom. The van der Waals surface area contributed by atoms with Crippen LogP contribution in [-0.2, 0) is 0 Å². The Kier molecular flexibility index (Phi) is 4.20. The minimum Gasteiger partial charge on any atom is -0.267 e. The van der Waals surface area contributed by atoms with Crippen LogP contribution in [0.5, 0.6) is 0 Å². The number of rotatable bonds is 3. The molecule has 0 saturated heterocycles. The second kappa shape index (κ2) is 6.06. The second-order valence-electron chi connectivity index (χ2n) is 4.51. The van der Waals surface area contributed by atoms with Crippen LogP contribution in [0.3, 0.4) is 0 Å². The van der Waals surface area contributed by atoms with E-state index in [-0.39, 0.29) is 5.91 Å². The molecule has 0 spiro atoms. The second-order valence-corrected chi connectivity index (χ2v) is 4.51. The summed E-state index contributed by atoms with van der Waals surface area (Å²) in [6.45, 7) is 5.61. The molecule has 0 aliphatic rings. The van der Waals surface area contributed by atoms with Gasteiger partial charge in [0.05, 0.1) is 11.3 Å².